The summed E-state index contributed by atoms with van der Waals surface area (Å²) in [6, 6.07) is 16.6. The summed E-state index contributed by atoms with van der Waals surface area (Å²) in [5.74, 6) is -4.27. The maximum atomic E-state index is 15.5. The summed E-state index contributed by atoms with van der Waals surface area (Å²) in [5, 5.41) is 28.1. The number of hydrogen-bond acceptors (Lipinski definition) is 13. The predicted octanol–water partition coefficient (Wildman–Crippen LogP) is 5.16. The number of methoxy groups -OCH3 is 1. The SMILES string of the molecule is CO[C@H]1C[C@H]2OC[C@@]2(OC(C)=O)[C@H]2[C@H](c3ccccc3)[C@]3(O)CC(OC(=O)[C@H](O)[C@@H](NC(=O)OC(C)(C)C)c4ccccc4)C(C)=C([C@@H](C)C(=O)[C@]12C)C3(C)C.O=C=O. The molecule has 3 N–H and O–H groups in total. The number of ether oxygens (including phenoxy) is 5. The summed E-state index contributed by atoms with van der Waals surface area (Å²) in [4.78, 5) is 71.9. The number of carbonyl (C=O) groups is 4. The number of nitrogens with one attached hydrogen (secondary N) is 1. The first kappa shape index (κ1) is 45.4. The van der Waals surface area contributed by atoms with Crippen LogP contribution in [0.2, 0.25) is 0 Å². The van der Waals surface area contributed by atoms with Crippen LogP contribution in [0.4, 0.5) is 4.79 Å². The van der Waals surface area contributed by atoms with Crippen LogP contribution < -0.4 is 5.32 Å². The van der Waals surface area contributed by atoms with Crippen LogP contribution in [0.3, 0.4) is 0 Å². The molecule has 14 heteroatoms. The first-order valence-electron chi connectivity index (χ1n) is 19.8. The van der Waals surface area contributed by atoms with Crippen LogP contribution in [0.1, 0.15) is 98.2 Å². The fourth-order valence-electron chi connectivity index (χ4n) is 10.7. The van der Waals surface area contributed by atoms with Crippen LogP contribution >= 0.6 is 0 Å². The molecule has 1 unspecified atom stereocenters. The van der Waals surface area contributed by atoms with Crippen molar-refractivity contribution in [2.24, 2.45) is 22.7 Å². The Morgan fingerprint density at radius 3 is 2.08 bits per heavy atom. The highest BCUT2D eigenvalue weighted by Gasteiger charge is 2.76. The number of aliphatic hydroxyl groups is 2. The second kappa shape index (κ2) is 16.7. The first-order valence-corrected chi connectivity index (χ1v) is 19.8. The average molecular weight is 820 g/mol. The molecule has 3 aliphatic carbocycles. The number of benzene rings is 2. The van der Waals surface area contributed by atoms with E-state index in [4.69, 9.17) is 33.3 Å². The summed E-state index contributed by atoms with van der Waals surface area (Å²) >= 11 is 0. The molecule has 59 heavy (non-hydrogen) atoms. The zero-order valence-corrected chi connectivity index (χ0v) is 35.4. The Morgan fingerprint density at radius 2 is 1.58 bits per heavy atom. The fourth-order valence-corrected chi connectivity index (χ4v) is 10.7. The van der Waals surface area contributed by atoms with Crippen molar-refractivity contribution < 1.29 is 62.7 Å². The summed E-state index contributed by atoms with van der Waals surface area (Å²) in [6.45, 7) is 15.7. The van der Waals surface area contributed by atoms with E-state index in [1.165, 1.54) is 6.92 Å². The van der Waals surface area contributed by atoms with Crippen molar-refractivity contribution in [3.05, 3.63) is 82.9 Å². The Bertz CT molecular complexity index is 1970. The van der Waals surface area contributed by atoms with E-state index in [1.807, 2.05) is 51.1 Å². The summed E-state index contributed by atoms with van der Waals surface area (Å²) in [5.41, 5.74) is -3.94. The van der Waals surface area contributed by atoms with Gasteiger partial charge in [0, 0.05) is 50.0 Å². The van der Waals surface area contributed by atoms with E-state index in [2.05, 4.69) is 5.32 Å². The number of hydrogen-bond donors (Lipinski definition) is 3. The summed E-state index contributed by atoms with van der Waals surface area (Å²) in [6.07, 6.45) is -4.66. The van der Waals surface area contributed by atoms with Gasteiger partial charge in [-0.1, -0.05) is 81.4 Å². The van der Waals surface area contributed by atoms with E-state index in [1.54, 1.807) is 72.1 Å². The second-order valence-electron chi connectivity index (χ2n) is 17.9. The van der Waals surface area contributed by atoms with E-state index in [0.717, 1.165) is 0 Å². The molecule has 0 spiro atoms. The van der Waals surface area contributed by atoms with Gasteiger partial charge in [-0.05, 0) is 56.9 Å². The molecule has 320 valence electrons. The maximum Gasteiger partial charge on any atom is 0.408 e. The molecule has 11 atom stereocenters. The monoisotopic (exact) mass is 819 g/mol. The molecule has 2 aromatic rings. The van der Waals surface area contributed by atoms with Crippen molar-refractivity contribution in [2.45, 2.75) is 128 Å². The van der Waals surface area contributed by atoms with Gasteiger partial charge in [0.15, 0.2) is 11.7 Å². The number of esters is 2. The van der Waals surface area contributed by atoms with E-state index < -0.39 is 93.9 Å². The second-order valence-corrected chi connectivity index (χ2v) is 17.9. The number of carbonyl (C=O) groups excluding carboxylic acids is 6. The number of alkyl carbamates (subject to hydrolysis) is 1. The molecule has 1 saturated heterocycles. The summed E-state index contributed by atoms with van der Waals surface area (Å²) < 4.78 is 30.2. The lowest BCUT2D eigenvalue weighted by Gasteiger charge is -2.69. The molecule has 14 nitrogen and oxygen atoms in total. The molecule has 3 fully saturated rings. The number of amides is 1. The Hall–Kier alpha value is -4.72. The van der Waals surface area contributed by atoms with Crippen LogP contribution in [0.15, 0.2) is 71.8 Å². The van der Waals surface area contributed by atoms with E-state index in [-0.39, 0.29) is 25.0 Å². The van der Waals surface area contributed by atoms with Crippen LogP contribution in [-0.2, 0) is 47.7 Å². The van der Waals surface area contributed by atoms with Crippen molar-refractivity contribution in [3.63, 3.8) is 0 Å². The normalized spacial score (nSPS) is 33.0. The van der Waals surface area contributed by atoms with Crippen molar-refractivity contribution in [3.8, 4) is 0 Å². The van der Waals surface area contributed by atoms with Gasteiger partial charge in [0.2, 0.25) is 0 Å². The van der Waals surface area contributed by atoms with Crippen molar-refractivity contribution in [1.29, 1.82) is 0 Å². The number of fused-ring (bicyclic) bond motifs is 5. The van der Waals surface area contributed by atoms with Crippen LogP contribution in [-0.4, -0.2) is 95.1 Å². The lowest BCUT2D eigenvalue weighted by Crippen LogP contribution is -2.79. The van der Waals surface area contributed by atoms with Gasteiger partial charge >= 0.3 is 24.2 Å². The molecule has 2 saturated carbocycles. The minimum absolute atomic E-state index is 0.0211. The lowest BCUT2D eigenvalue weighted by molar-refractivity contribution is -0.333. The standard InChI is InChI=1S/C44H57NO11.CO2/c1-24-29(54-38(49)35(47)34(28-19-15-12-16-20-28)45-39(50)56-40(4,5)6)22-44(51)33(27-17-13-11-14-18-27)36-42(9,37(48)25(2)32(24)41(44,7)8)30(52-10)21-31-43(36,23-53-31)55-26(3)46;2-1-3/h11-20,25,29-31,33-36,47,51H,21-23H2,1-10H3,(H,45,50);/t25-,29?,30+,31-,33+,34+,35-,36+,42-,43+,44-;/m1./s1. The van der Waals surface area contributed by atoms with E-state index in [0.29, 0.717) is 28.7 Å². The van der Waals surface area contributed by atoms with Gasteiger partial charge in [0.25, 0.3) is 0 Å². The Balaban J connectivity index is 0.00000214. The van der Waals surface area contributed by atoms with Crippen LogP contribution in [0, 0.1) is 22.7 Å². The third kappa shape index (κ3) is 7.89. The van der Waals surface area contributed by atoms with Gasteiger partial charge in [-0.3, -0.25) is 9.59 Å². The highest BCUT2D eigenvalue weighted by Crippen LogP contribution is 2.68. The van der Waals surface area contributed by atoms with Gasteiger partial charge < -0.3 is 39.2 Å². The van der Waals surface area contributed by atoms with Gasteiger partial charge in [-0.15, -0.1) is 0 Å². The fraction of sp³-hybridized carbons (Fsp3) is 0.578. The largest absolute Gasteiger partial charge is 0.456 e. The van der Waals surface area contributed by atoms with Gasteiger partial charge in [0.1, 0.15) is 23.6 Å². The topological polar surface area (TPSA) is 201 Å². The Morgan fingerprint density at radius 1 is 1.00 bits per heavy atom. The Kier molecular flexibility index (Phi) is 12.9. The molecule has 0 radical (unpaired) electrons. The molecular formula is C45H57NO13. The van der Waals surface area contributed by atoms with Crippen molar-refractivity contribution in [2.75, 3.05) is 13.7 Å². The van der Waals surface area contributed by atoms with Gasteiger partial charge in [0.05, 0.1) is 29.8 Å². The third-order valence-electron chi connectivity index (χ3n) is 13.1. The lowest BCUT2D eigenvalue weighted by atomic mass is 9.40. The van der Waals surface area contributed by atoms with E-state index in [9.17, 15) is 24.6 Å². The molecule has 6 rings (SSSR count). The number of aliphatic hydroxyl groups excluding tert-OH is 1. The van der Waals surface area contributed by atoms with Crippen LogP contribution in [0.25, 0.3) is 0 Å². The smallest absolute Gasteiger partial charge is 0.408 e. The zero-order valence-electron chi connectivity index (χ0n) is 35.4. The molecule has 1 amide bonds. The quantitative estimate of drug-likeness (QED) is 0.179. The maximum absolute atomic E-state index is 15.5. The molecule has 4 aliphatic rings. The highest BCUT2D eigenvalue weighted by atomic mass is 16.6. The van der Waals surface area contributed by atoms with Crippen molar-refractivity contribution in [1.82, 2.24) is 5.32 Å². The highest BCUT2D eigenvalue weighted by molar-refractivity contribution is 5.91. The minimum Gasteiger partial charge on any atom is -0.456 e. The zero-order chi connectivity index (χ0) is 43.9. The number of rotatable bonds is 8. The first-order chi connectivity index (χ1) is 27.5. The summed E-state index contributed by atoms with van der Waals surface area (Å²) in [7, 11) is 1.56. The molecular weight excluding hydrogens is 762 g/mol. The van der Waals surface area contributed by atoms with Crippen molar-refractivity contribution >= 4 is 30.0 Å². The van der Waals surface area contributed by atoms with Gasteiger partial charge in [-0.25, -0.2) is 9.59 Å². The third-order valence-corrected chi connectivity index (χ3v) is 13.1. The number of ketones is 1. The van der Waals surface area contributed by atoms with E-state index >= 15 is 4.79 Å². The van der Waals surface area contributed by atoms with Gasteiger partial charge in [-0.2, -0.15) is 9.59 Å². The molecule has 0 aromatic heterocycles. The molecule has 1 aliphatic heterocycles. The predicted molar refractivity (Wildman–Crippen MR) is 210 cm³/mol. The van der Waals surface area contributed by atoms with Crippen LogP contribution in [0.5, 0.6) is 0 Å². The molecule has 2 bridgehead atoms. The average Bonchev–Trinajstić information content (AvgIpc) is 3.15. The Labute approximate surface area is 344 Å². The minimum atomic E-state index is -1.88. The molecule has 1 heterocycles. The number of Topliss-reactive ketones (excluding diaryl/α,β-unsaturated/α-hetero) is 1. The molecule has 2 aromatic carbocycles.